The summed E-state index contributed by atoms with van der Waals surface area (Å²) in [4.78, 5) is 0. The van der Waals surface area contributed by atoms with Gasteiger partial charge in [0.05, 0.1) is 6.10 Å². The molecular formula is C27H44O2. The molecule has 0 bridgehead atoms. The van der Waals surface area contributed by atoms with Crippen LogP contribution in [0.3, 0.4) is 0 Å². The maximum Gasteiger partial charge on any atom is 0.0583 e. The van der Waals surface area contributed by atoms with Gasteiger partial charge in [0.2, 0.25) is 0 Å². The number of aliphatic hydroxyl groups excluding tert-OH is 2. The summed E-state index contributed by atoms with van der Waals surface area (Å²) in [6.07, 6.45) is 17.5. The first-order valence-corrected chi connectivity index (χ1v) is 12.2. The molecule has 6 atom stereocenters. The Morgan fingerprint density at radius 2 is 1.93 bits per heavy atom. The van der Waals surface area contributed by atoms with Gasteiger partial charge >= 0.3 is 0 Å². The van der Waals surface area contributed by atoms with E-state index in [0.717, 1.165) is 43.4 Å². The standard InChI is InChI=1S/C27H44O2/c1-19(18-28)7-5-8-21(3)25-14-15-26-22(9-6-16-27(25,26)4)11-12-23-17-24(29)13-10-20(23)2/h11-12,19,21,24-26,28-29H,2,5-10,13-18H2,1,3-4H3/b22-11?,23-12-/t19?,21-,24+,25-,26?,27-/m1/s1. The second-order valence-corrected chi connectivity index (χ2v) is 10.7. The van der Waals surface area contributed by atoms with Crippen molar-refractivity contribution < 1.29 is 10.2 Å². The molecule has 2 heteroatoms. The fourth-order valence-corrected chi connectivity index (χ4v) is 6.69. The fourth-order valence-electron chi connectivity index (χ4n) is 6.69. The van der Waals surface area contributed by atoms with Crippen molar-refractivity contribution in [2.24, 2.45) is 29.1 Å². The molecule has 0 amide bonds. The van der Waals surface area contributed by atoms with Crippen LogP contribution in [0.15, 0.2) is 35.5 Å². The van der Waals surface area contributed by atoms with Crippen LogP contribution in [0.4, 0.5) is 0 Å². The molecule has 3 aliphatic rings. The molecule has 3 rings (SSSR count). The van der Waals surface area contributed by atoms with E-state index < -0.39 is 0 Å². The Balaban J connectivity index is 1.67. The van der Waals surface area contributed by atoms with Crippen LogP contribution >= 0.6 is 0 Å². The molecule has 0 aromatic carbocycles. The minimum Gasteiger partial charge on any atom is -0.396 e. The minimum atomic E-state index is -0.188. The van der Waals surface area contributed by atoms with E-state index in [2.05, 4.69) is 39.5 Å². The second-order valence-electron chi connectivity index (χ2n) is 10.7. The summed E-state index contributed by atoms with van der Waals surface area (Å²) < 4.78 is 0. The highest BCUT2D eigenvalue weighted by atomic mass is 16.3. The van der Waals surface area contributed by atoms with E-state index in [1.165, 1.54) is 56.1 Å². The molecule has 3 saturated carbocycles. The average molecular weight is 401 g/mol. The molecule has 2 nitrogen and oxygen atoms in total. The molecule has 164 valence electrons. The first-order valence-electron chi connectivity index (χ1n) is 12.2. The number of aliphatic hydroxyl groups is 2. The zero-order chi connectivity index (χ0) is 21.0. The Hall–Kier alpha value is -0.860. The van der Waals surface area contributed by atoms with Crippen LogP contribution in [0.5, 0.6) is 0 Å². The largest absolute Gasteiger partial charge is 0.396 e. The minimum absolute atomic E-state index is 0.188. The molecule has 0 aromatic rings. The van der Waals surface area contributed by atoms with Crippen LogP contribution in [0.2, 0.25) is 0 Å². The highest BCUT2D eigenvalue weighted by molar-refractivity contribution is 5.36. The third kappa shape index (κ3) is 5.25. The summed E-state index contributed by atoms with van der Waals surface area (Å²) in [6.45, 7) is 11.8. The van der Waals surface area contributed by atoms with E-state index in [0.29, 0.717) is 17.9 Å². The lowest BCUT2D eigenvalue weighted by Crippen LogP contribution is -2.36. The van der Waals surface area contributed by atoms with Gasteiger partial charge < -0.3 is 10.2 Å². The smallest absolute Gasteiger partial charge is 0.0583 e. The highest BCUT2D eigenvalue weighted by Crippen LogP contribution is 2.59. The van der Waals surface area contributed by atoms with E-state index in [9.17, 15) is 10.2 Å². The van der Waals surface area contributed by atoms with Crippen molar-refractivity contribution in [2.45, 2.75) is 97.5 Å². The van der Waals surface area contributed by atoms with E-state index >= 15 is 0 Å². The van der Waals surface area contributed by atoms with E-state index in [4.69, 9.17) is 0 Å². The van der Waals surface area contributed by atoms with E-state index in [1.807, 2.05) is 0 Å². The van der Waals surface area contributed by atoms with Gasteiger partial charge in [-0.25, -0.2) is 0 Å². The zero-order valence-corrected chi connectivity index (χ0v) is 19.1. The predicted molar refractivity (Wildman–Crippen MR) is 123 cm³/mol. The second kappa shape index (κ2) is 9.96. The van der Waals surface area contributed by atoms with Gasteiger partial charge in [0, 0.05) is 6.61 Å². The van der Waals surface area contributed by atoms with Crippen molar-refractivity contribution in [3.63, 3.8) is 0 Å². The third-order valence-corrected chi connectivity index (χ3v) is 8.58. The van der Waals surface area contributed by atoms with E-state index in [-0.39, 0.29) is 6.10 Å². The third-order valence-electron chi connectivity index (χ3n) is 8.58. The van der Waals surface area contributed by atoms with Crippen LogP contribution in [-0.4, -0.2) is 22.9 Å². The molecule has 2 N–H and O–H groups in total. The van der Waals surface area contributed by atoms with Gasteiger partial charge in [0.1, 0.15) is 0 Å². The quantitative estimate of drug-likeness (QED) is 0.506. The Morgan fingerprint density at radius 3 is 2.69 bits per heavy atom. The molecule has 29 heavy (non-hydrogen) atoms. The van der Waals surface area contributed by atoms with Crippen molar-refractivity contribution >= 4 is 0 Å². The number of rotatable bonds is 7. The molecule has 3 aliphatic carbocycles. The lowest BCUT2D eigenvalue weighted by molar-refractivity contribution is 0.0922. The van der Waals surface area contributed by atoms with Crippen molar-refractivity contribution in [3.05, 3.63) is 35.5 Å². The van der Waals surface area contributed by atoms with Crippen LogP contribution in [-0.2, 0) is 0 Å². The van der Waals surface area contributed by atoms with E-state index in [1.54, 1.807) is 5.57 Å². The number of hydrogen-bond donors (Lipinski definition) is 2. The van der Waals surface area contributed by atoms with Crippen molar-refractivity contribution in [1.82, 2.24) is 0 Å². The summed E-state index contributed by atoms with van der Waals surface area (Å²) in [5, 5.41) is 19.3. The van der Waals surface area contributed by atoms with Gasteiger partial charge in [-0.05, 0) is 92.4 Å². The fraction of sp³-hybridized carbons (Fsp3) is 0.778. The topological polar surface area (TPSA) is 40.5 Å². The lowest BCUT2D eigenvalue weighted by Gasteiger charge is -2.44. The maximum absolute atomic E-state index is 10.0. The SMILES string of the molecule is C=C1CC[C@H](O)C/C1=C/C=C1CCC[C@@]2(C)C1CC[C@@H]2[C@H](C)CCCC(C)CO. The van der Waals surface area contributed by atoms with Gasteiger partial charge in [0.25, 0.3) is 0 Å². The average Bonchev–Trinajstić information content (AvgIpc) is 3.06. The van der Waals surface area contributed by atoms with Gasteiger partial charge in [-0.3, -0.25) is 0 Å². The predicted octanol–water partition coefficient (Wildman–Crippen LogP) is 6.59. The molecule has 0 aliphatic heterocycles. The Morgan fingerprint density at radius 1 is 1.14 bits per heavy atom. The number of fused-ring (bicyclic) bond motifs is 1. The first-order chi connectivity index (χ1) is 13.8. The molecule has 0 spiro atoms. The summed E-state index contributed by atoms with van der Waals surface area (Å²) in [7, 11) is 0. The summed E-state index contributed by atoms with van der Waals surface area (Å²) >= 11 is 0. The van der Waals surface area contributed by atoms with Crippen LogP contribution in [0.1, 0.15) is 91.4 Å². The molecule has 0 radical (unpaired) electrons. The summed E-state index contributed by atoms with van der Waals surface area (Å²) in [5.41, 5.74) is 4.60. The molecule has 0 aromatic heterocycles. The molecular weight excluding hydrogens is 356 g/mol. The van der Waals surface area contributed by atoms with Gasteiger partial charge in [0.15, 0.2) is 0 Å². The summed E-state index contributed by atoms with van der Waals surface area (Å²) in [6, 6.07) is 0. The van der Waals surface area contributed by atoms with Crippen molar-refractivity contribution in [2.75, 3.05) is 6.61 Å². The number of allylic oxidation sites excluding steroid dienone is 4. The molecule has 0 heterocycles. The number of hydrogen-bond acceptors (Lipinski definition) is 2. The lowest BCUT2D eigenvalue weighted by atomic mass is 9.60. The molecule has 3 fully saturated rings. The monoisotopic (exact) mass is 400 g/mol. The van der Waals surface area contributed by atoms with Crippen LogP contribution in [0, 0.1) is 29.1 Å². The molecule has 2 unspecified atom stereocenters. The normalized spacial score (nSPS) is 37.7. The van der Waals surface area contributed by atoms with Crippen molar-refractivity contribution in [3.8, 4) is 0 Å². The highest BCUT2D eigenvalue weighted by Gasteiger charge is 2.50. The van der Waals surface area contributed by atoms with Gasteiger partial charge in [-0.2, -0.15) is 0 Å². The van der Waals surface area contributed by atoms with Crippen LogP contribution < -0.4 is 0 Å². The van der Waals surface area contributed by atoms with Crippen molar-refractivity contribution in [1.29, 1.82) is 0 Å². The first kappa shape index (κ1) is 22.8. The maximum atomic E-state index is 10.0. The Labute approximate surface area is 179 Å². The molecule has 0 saturated heterocycles. The zero-order valence-electron chi connectivity index (χ0n) is 19.1. The van der Waals surface area contributed by atoms with Crippen LogP contribution in [0.25, 0.3) is 0 Å². The Bertz CT molecular complexity index is 630. The summed E-state index contributed by atoms with van der Waals surface area (Å²) in [5.74, 6) is 2.79. The van der Waals surface area contributed by atoms with Gasteiger partial charge in [-0.15, -0.1) is 0 Å². The Kier molecular flexibility index (Phi) is 7.84. The van der Waals surface area contributed by atoms with Gasteiger partial charge in [-0.1, -0.05) is 63.5 Å².